The molecule has 2 rings (SSSR count). The highest BCUT2D eigenvalue weighted by atomic mass is 15.2. The summed E-state index contributed by atoms with van der Waals surface area (Å²) in [6.45, 7) is 0. The van der Waals surface area contributed by atoms with E-state index < -0.39 is 0 Å². The van der Waals surface area contributed by atoms with Crippen LogP contribution in [-0.2, 0) is 0 Å². The van der Waals surface area contributed by atoms with Gasteiger partial charge in [0.15, 0.2) is 0 Å². The molecular formula is C13H13N5. The van der Waals surface area contributed by atoms with Crippen LogP contribution in [0.25, 0.3) is 0 Å². The van der Waals surface area contributed by atoms with E-state index in [1.165, 1.54) is 0 Å². The van der Waals surface area contributed by atoms with Crippen molar-refractivity contribution in [3.63, 3.8) is 0 Å². The summed E-state index contributed by atoms with van der Waals surface area (Å²) in [5.74, 6) is 0.979. The normalized spacial score (nSPS) is 9.78. The Kier molecular flexibility index (Phi) is 3.02. The van der Waals surface area contributed by atoms with Crippen molar-refractivity contribution in [3.05, 3.63) is 42.0 Å². The van der Waals surface area contributed by atoms with Gasteiger partial charge in [-0.1, -0.05) is 6.07 Å². The van der Waals surface area contributed by atoms with Gasteiger partial charge < -0.3 is 16.4 Å². The lowest BCUT2D eigenvalue weighted by atomic mass is 10.2. The van der Waals surface area contributed by atoms with Crippen LogP contribution in [0.2, 0.25) is 0 Å². The quantitative estimate of drug-likeness (QED) is 0.834. The van der Waals surface area contributed by atoms with Crippen LogP contribution in [0.15, 0.2) is 36.4 Å². The van der Waals surface area contributed by atoms with E-state index in [-0.39, 0.29) is 0 Å². The molecule has 0 radical (unpaired) electrons. The summed E-state index contributed by atoms with van der Waals surface area (Å²) in [6, 6.07) is 12.9. The maximum absolute atomic E-state index is 8.87. The fourth-order valence-electron chi connectivity index (χ4n) is 1.58. The summed E-state index contributed by atoms with van der Waals surface area (Å²) >= 11 is 0. The van der Waals surface area contributed by atoms with E-state index in [1.54, 1.807) is 24.3 Å². The molecule has 5 nitrogen and oxygen atoms in total. The molecule has 0 unspecified atom stereocenters. The third-order valence-corrected chi connectivity index (χ3v) is 2.65. The van der Waals surface area contributed by atoms with Crippen LogP contribution >= 0.6 is 0 Å². The number of nitrogens with zero attached hydrogens (tertiary/aromatic N) is 3. The van der Waals surface area contributed by atoms with E-state index >= 15 is 0 Å². The summed E-state index contributed by atoms with van der Waals surface area (Å²) in [4.78, 5) is 6.04. The lowest BCUT2D eigenvalue weighted by molar-refractivity contribution is 1.13. The minimum Gasteiger partial charge on any atom is -0.396 e. The minimum absolute atomic E-state index is 0.302. The number of nitriles is 1. The SMILES string of the molecule is CN(c1cccc(C#N)c1)c1ccc(N)c(N)n1. The van der Waals surface area contributed by atoms with Gasteiger partial charge in [-0.2, -0.15) is 5.26 Å². The Morgan fingerprint density at radius 1 is 1.22 bits per heavy atom. The van der Waals surface area contributed by atoms with Crippen molar-refractivity contribution in [3.8, 4) is 6.07 Å². The Labute approximate surface area is 105 Å². The zero-order chi connectivity index (χ0) is 13.1. The van der Waals surface area contributed by atoms with Crippen LogP contribution in [0.1, 0.15) is 5.56 Å². The summed E-state index contributed by atoms with van der Waals surface area (Å²) in [7, 11) is 1.86. The topological polar surface area (TPSA) is 92.0 Å². The number of pyridine rings is 1. The molecule has 0 fully saturated rings. The first-order valence-electron chi connectivity index (χ1n) is 5.37. The lowest BCUT2D eigenvalue weighted by Gasteiger charge is -2.19. The van der Waals surface area contributed by atoms with Gasteiger partial charge in [-0.15, -0.1) is 0 Å². The predicted octanol–water partition coefficient (Wildman–Crippen LogP) is 1.89. The first-order chi connectivity index (χ1) is 8.61. The molecule has 0 bridgehead atoms. The van der Waals surface area contributed by atoms with Crippen molar-refractivity contribution in [1.29, 1.82) is 5.26 Å². The van der Waals surface area contributed by atoms with Crippen molar-refractivity contribution in [1.82, 2.24) is 4.98 Å². The first-order valence-corrected chi connectivity index (χ1v) is 5.37. The Morgan fingerprint density at radius 3 is 2.67 bits per heavy atom. The number of nitrogens with two attached hydrogens (primary N) is 2. The number of nitrogen functional groups attached to an aromatic ring is 2. The fourth-order valence-corrected chi connectivity index (χ4v) is 1.58. The van der Waals surface area contributed by atoms with Gasteiger partial charge in [0, 0.05) is 12.7 Å². The molecule has 0 aliphatic rings. The Hall–Kier alpha value is -2.74. The molecule has 0 amide bonds. The van der Waals surface area contributed by atoms with E-state index in [0.29, 0.717) is 22.9 Å². The standard InChI is InChI=1S/C13H13N5/c1-18(10-4-2-3-9(7-10)8-14)12-6-5-11(15)13(16)17-12/h2-7H,15H2,1H3,(H2,16,17). The Morgan fingerprint density at radius 2 is 2.00 bits per heavy atom. The summed E-state index contributed by atoms with van der Waals surface area (Å²) in [6.07, 6.45) is 0. The molecule has 0 saturated carbocycles. The van der Waals surface area contributed by atoms with E-state index in [2.05, 4.69) is 11.1 Å². The number of aromatic nitrogens is 1. The monoisotopic (exact) mass is 239 g/mol. The number of anilines is 4. The molecule has 18 heavy (non-hydrogen) atoms. The molecule has 4 N–H and O–H groups in total. The number of hydrogen-bond acceptors (Lipinski definition) is 5. The van der Waals surface area contributed by atoms with Crippen LogP contribution in [0, 0.1) is 11.3 Å². The van der Waals surface area contributed by atoms with Crippen LogP contribution in [0.5, 0.6) is 0 Å². The van der Waals surface area contributed by atoms with E-state index in [4.69, 9.17) is 16.7 Å². The molecule has 90 valence electrons. The molecular weight excluding hydrogens is 226 g/mol. The smallest absolute Gasteiger partial charge is 0.149 e. The van der Waals surface area contributed by atoms with Gasteiger partial charge in [0.25, 0.3) is 0 Å². The second-order valence-corrected chi connectivity index (χ2v) is 3.87. The lowest BCUT2D eigenvalue weighted by Crippen LogP contribution is -2.12. The molecule has 0 saturated heterocycles. The molecule has 5 heteroatoms. The molecule has 0 aliphatic heterocycles. The van der Waals surface area contributed by atoms with Crippen molar-refractivity contribution >= 4 is 23.0 Å². The van der Waals surface area contributed by atoms with Gasteiger partial charge in [0.05, 0.1) is 17.3 Å². The highest BCUT2D eigenvalue weighted by molar-refractivity contribution is 5.67. The average molecular weight is 239 g/mol. The van der Waals surface area contributed by atoms with E-state index in [0.717, 1.165) is 5.69 Å². The van der Waals surface area contributed by atoms with Gasteiger partial charge in [-0.05, 0) is 30.3 Å². The number of rotatable bonds is 2. The molecule has 1 heterocycles. The number of benzene rings is 1. The Bertz CT molecular complexity index is 615. The van der Waals surface area contributed by atoms with Crippen molar-refractivity contribution in [2.45, 2.75) is 0 Å². The minimum atomic E-state index is 0.302. The van der Waals surface area contributed by atoms with Crippen LogP contribution in [0.3, 0.4) is 0 Å². The molecule has 2 aromatic rings. The summed E-state index contributed by atoms with van der Waals surface area (Å²) in [5.41, 5.74) is 13.2. The Balaban J connectivity index is 2.38. The van der Waals surface area contributed by atoms with Crippen molar-refractivity contribution < 1.29 is 0 Å². The predicted molar refractivity (Wildman–Crippen MR) is 72.3 cm³/mol. The molecule has 1 aromatic heterocycles. The molecule has 0 aliphatic carbocycles. The molecule has 0 atom stereocenters. The fraction of sp³-hybridized carbons (Fsp3) is 0.0769. The number of hydrogen-bond donors (Lipinski definition) is 2. The van der Waals surface area contributed by atoms with Crippen molar-refractivity contribution in [2.75, 3.05) is 23.4 Å². The van der Waals surface area contributed by atoms with E-state index in [1.807, 2.05) is 24.1 Å². The van der Waals surface area contributed by atoms with Gasteiger partial charge in [-0.3, -0.25) is 0 Å². The second kappa shape index (κ2) is 4.63. The highest BCUT2D eigenvalue weighted by Crippen LogP contribution is 2.24. The van der Waals surface area contributed by atoms with Crippen LogP contribution in [0.4, 0.5) is 23.0 Å². The third-order valence-electron chi connectivity index (χ3n) is 2.65. The third kappa shape index (κ3) is 2.18. The average Bonchev–Trinajstić information content (AvgIpc) is 2.41. The van der Waals surface area contributed by atoms with Crippen molar-refractivity contribution in [2.24, 2.45) is 0 Å². The van der Waals surface area contributed by atoms with Crippen LogP contribution in [-0.4, -0.2) is 12.0 Å². The highest BCUT2D eigenvalue weighted by Gasteiger charge is 2.07. The summed E-state index contributed by atoms with van der Waals surface area (Å²) in [5, 5.41) is 8.87. The summed E-state index contributed by atoms with van der Waals surface area (Å²) < 4.78 is 0. The zero-order valence-electron chi connectivity index (χ0n) is 9.96. The maximum Gasteiger partial charge on any atom is 0.149 e. The van der Waals surface area contributed by atoms with Gasteiger partial charge in [0.2, 0.25) is 0 Å². The largest absolute Gasteiger partial charge is 0.396 e. The van der Waals surface area contributed by atoms with Crippen LogP contribution < -0.4 is 16.4 Å². The molecule has 0 spiro atoms. The van der Waals surface area contributed by atoms with Gasteiger partial charge in [-0.25, -0.2) is 4.98 Å². The maximum atomic E-state index is 8.87. The zero-order valence-corrected chi connectivity index (χ0v) is 9.96. The first kappa shape index (κ1) is 11.7. The van der Waals surface area contributed by atoms with Gasteiger partial charge in [0.1, 0.15) is 11.6 Å². The van der Waals surface area contributed by atoms with Gasteiger partial charge >= 0.3 is 0 Å². The molecule has 1 aromatic carbocycles. The van der Waals surface area contributed by atoms with E-state index in [9.17, 15) is 0 Å². The second-order valence-electron chi connectivity index (χ2n) is 3.87.